The molecule has 1 aliphatic heterocycles. The van der Waals surface area contributed by atoms with Gasteiger partial charge in [-0.2, -0.15) is 0 Å². The van der Waals surface area contributed by atoms with Gasteiger partial charge < -0.3 is 10.2 Å². The molecule has 0 atom stereocenters. The average molecular weight is 297 g/mol. The molecule has 1 N–H and O–H groups in total. The molecule has 1 aromatic carbocycles. The fourth-order valence-electron chi connectivity index (χ4n) is 3.03. The topological polar surface area (TPSA) is 45.2 Å². The summed E-state index contributed by atoms with van der Waals surface area (Å²) in [5.41, 5.74) is 2.39. The van der Waals surface area contributed by atoms with E-state index in [1.807, 2.05) is 37.3 Å². The lowest BCUT2D eigenvalue weighted by Gasteiger charge is -2.26. The van der Waals surface area contributed by atoms with Crippen molar-refractivity contribution in [2.24, 2.45) is 0 Å². The highest BCUT2D eigenvalue weighted by molar-refractivity contribution is 6.05. The number of carbonyl (C=O) groups excluding carboxylic acids is 1. The SMILES string of the molecule is Cc1ccc2cccc(C(=O)NCCN3CCCCC3)c2n1. The molecule has 116 valence electrons. The standard InChI is InChI=1S/C18H23N3O/c1-14-8-9-15-6-5-7-16(17(15)20-14)18(22)19-10-13-21-11-3-2-4-12-21/h5-9H,2-4,10-13H2,1H3,(H,19,22). The quantitative estimate of drug-likeness (QED) is 0.944. The van der Waals surface area contributed by atoms with E-state index in [1.165, 1.54) is 19.3 Å². The number of hydrogen-bond donors (Lipinski definition) is 1. The second-order valence-electron chi connectivity index (χ2n) is 5.99. The first-order valence-corrected chi connectivity index (χ1v) is 8.11. The molecule has 3 rings (SSSR count). The van der Waals surface area contributed by atoms with Gasteiger partial charge in [0.2, 0.25) is 0 Å². The summed E-state index contributed by atoms with van der Waals surface area (Å²) in [6, 6.07) is 9.75. The van der Waals surface area contributed by atoms with E-state index in [2.05, 4.69) is 15.2 Å². The van der Waals surface area contributed by atoms with Crippen molar-refractivity contribution in [2.45, 2.75) is 26.2 Å². The number of likely N-dealkylation sites (tertiary alicyclic amines) is 1. The number of benzene rings is 1. The van der Waals surface area contributed by atoms with Gasteiger partial charge in [-0.15, -0.1) is 0 Å². The molecule has 1 saturated heterocycles. The van der Waals surface area contributed by atoms with E-state index in [-0.39, 0.29) is 5.91 Å². The summed E-state index contributed by atoms with van der Waals surface area (Å²) in [6.45, 7) is 5.89. The number of carbonyl (C=O) groups is 1. The molecule has 1 fully saturated rings. The van der Waals surface area contributed by atoms with E-state index in [1.54, 1.807) is 0 Å². The fraction of sp³-hybridized carbons (Fsp3) is 0.444. The van der Waals surface area contributed by atoms with Gasteiger partial charge in [0, 0.05) is 24.2 Å². The van der Waals surface area contributed by atoms with Crippen molar-refractivity contribution in [1.29, 1.82) is 0 Å². The summed E-state index contributed by atoms with van der Waals surface area (Å²) < 4.78 is 0. The monoisotopic (exact) mass is 297 g/mol. The number of aromatic nitrogens is 1. The molecule has 0 aliphatic carbocycles. The zero-order chi connectivity index (χ0) is 15.4. The van der Waals surface area contributed by atoms with Crippen LogP contribution in [0.2, 0.25) is 0 Å². The van der Waals surface area contributed by atoms with Crippen LogP contribution in [0.25, 0.3) is 10.9 Å². The van der Waals surface area contributed by atoms with Crippen LogP contribution in [0.1, 0.15) is 35.3 Å². The molecule has 0 spiro atoms. The van der Waals surface area contributed by atoms with Crippen LogP contribution in [-0.4, -0.2) is 42.0 Å². The number of nitrogens with one attached hydrogen (secondary N) is 1. The largest absolute Gasteiger partial charge is 0.351 e. The number of hydrogen-bond acceptors (Lipinski definition) is 3. The number of nitrogens with zero attached hydrogens (tertiary/aromatic N) is 2. The van der Waals surface area contributed by atoms with Crippen molar-refractivity contribution < 1.29 is 4.79 Å². The van der Waals surface area contributed by atoms with Crippen LogP contribution < -0.4 is 5.32 Å². The van der Waals surface area contributed by atoms with Gasteiger partial charge in [-0.3, -0.25) is 9.78 Å². The second-order valence-corrected chi connectivity index (χ2v) is 5.99. The zero-order valence-corrected chi connectivity index (χ0v) is 13.1. The third-order valence-corrected chi connectivity index (χ3v) is 4.27. The molecule has 2 heterocycles. The highest BCUT2D eigenvalue weighted by atomic mass is 16.1. The fourth-order valence-corrected chi connectivity index (χ4v) is 3.03. The number of fused-ring (bicyclic) bond motifs is 1. The van der Waals surface area contributed by atoms with Crippen LogP contribution in [0.4, 0.5) is 0 Å². The van der Waals surface area contributed by atoms with Crippen molar-refractivity contribution in [3.8, 4) is 0 Å². The normalized spacial score (nSPS) is 15.9. The zero-order valence-electron chi connectivity index (χ0n) is 13.1. The van der Waals surface area contributed by atoms with Crippen molar-refractivity contribution in [3.63, 3.8) is 0 Å². The highest BCUT2D eigenvalue weighted by Gasteiger charge is 2.13. The number of piperidine rings is 1. The van der Waals surface area contributed by atoms with Gasteiger partial charge in [0.25, 0.3) is 5.91 Å². The molecule has 4 heteroatoms. The Balaban J connectivity index is 1.65. The second kappa shape index (κ2) is 6.88. The van der Waals surface area contributed by atoms with Crippen molar-refractivity contribution in [3.05, 3.63) is 41.6 Å². The van der Waals surface area contributed by atoms with Crippen molar-refractivity contribution >= 4 is 16.8 Å². The molecule has 1 aromatic heterocycles. The van der Waals surface area contributed by atoms with Gasteiger partial charge in [0.05, 0.1) is 11.1 Å². The molecule has 0 bridgehead atoms. The van der Waals surface area contributed by atoms with Crippen LogP contribution >= 0.6 is 0 Å². The first-order chi connectivity index (χ1) is 10.7. The number of amides is 1. The number of para-hydroxylation sites is 1. The molecule has 4 nitrogen and oxygen atoms in total. The Kier molecular flexibility index (Phi) is 4.68. The van der Waals surface area contributed by atoms with Gasteiger partial charge in [-0.1, -0.05) is 24.6 Å². The third-order valence-electron chi connectivity index (χ3n) is 4.27. The third kappa shape index (κ3) is 3.45. The van der Waals surface area contributed by atoms with E-state index in [4.69, 9.17) is 0 Å². The van der Waals surface area contributed by atoms with Crippen LogP contribution in [0, 0.1) is 6.92 Å². The Bertz CT molecular complexity index is 662. The van der Waals surface area contributed by atoms with Crippen LogP contribution in [0.5, 0.6) is 0 Å². The highest BCUT2D eigenvalue weighted by Crippen LogP contribution is 2.17. The van der Waals surface area contributed by atoms with Gasteiger partial charge in [0.15, 0.2) is 0 Å². The lowest BCUT2D eigenvalue weighted by Crippen LogP contribution is -2.37. The molecule has 1 amide bonds. The smallest absolute Gasteiger partial charge is 0.253 e. The van der Waals surface area contributed by atoms with E-state index in [0.29, 0.717) is 12.1 Å². The maximum Gasteiger partial charge on any atom is 0.253 e. The summed E-state index contributed by atoms with van der Waals surface area (Å²) in [5.74, 6) is -0.0271. The molecule has 0 unspecified atom stereocenters. The lowest BCUT2D eigenvalue weighted by molar-refractivity contribution is 0.0948. The minimum atomic E-state index is -0.0271. The summed E-state index contributed by atoms with van der Waals surface area (Å²) >= 11 is 0. The molecular formula is C18H23N3O. The molecule has 0 saturated carbocycles. The molecule has 1 aliphatic rings. The van der Waals surface area contributed by atoms with Crippen LogP contribution in [-0.2, 0) is 0 Å². The maximum absolute atomic E-state index is 12.4. The van der Waals surface area contributed by atoms with Gasteiger partial charge in [-0.25, -0.2) is 0 Å². The molecule has 22 heavy (non-hydrogen) atoms. The van der Waals surface area contributed by atoms with Crippen molar-refractivity contribution in [1.82, 2.24) is 15.2 Å². The van der Waals surface area contributed by atoms with E-state index < -0.39 is 0 Å². The Morgan fingerprint density at radius 2 is 2.00 bits per heavy atom. The predicted octanol–water partition coefficient (Wildman–Crippen LogP) is 2.76. The maximum atomic E-state index is 12.4. The summed E-state index contributed by atoms with van der Waals surface area (Å²) in [4.78, 5) is 19.4. The predicted molar refractivity (Wildman–Crippen MR) is 89.1 cm³/mol. The van der Waals surface area contributed by atoms with Gasteiger partial charge in [0.1, 0.15) is 0 Å². The average Bonchev–Trinajstić information content (AvgIpc) is 2.55. The Labute approximate surface area is 131 Å². The Hall–Kier alpha value is -1.94. The molecule has 0 radical (unpaired) electrons. The van der Waals surface area contributed by atoms with Gasteiger partial charge >= 0.3 is 0 Å². The minimum Gasteiger partial charge on any atom is -0.351 e. The summed E-state index contributed by atoms with van der Waals surface area (Å²) in [5, 5.41) is 4.05. The van der Waals surface area contributed by atoms with E-state index in [0.717, 1.165) is 36.2 Å². The van der Waals surface area contributed by atoms with Crippen LogP contribution in [0.3, 0.4) is 0 Å². The summed E-state index contributed by atoms with van der Waals surface area (Å²) in [6.07, 6.45) is 3.89. The van der Waals surface area contributed by atoms with Gasteiger partial charge in [-0.05, 0) is 45.0 Å². The van der Waals surface area contributed by atoms with Crippen LogP contribution in [0.15, 0.2) is 30.3 Å². The Morgan fingerprint density at radius 3 is 2.82 bits per heavy atom. The summed E-state index contributed by atoms with van der Waals surface area (Å²) in [7, 11) is 0. The minimum absolute atomic E-state index is 0.0271. The molecular weight excluding hydrogens is 274 g/mol. The number of rotatable bonds is 4. The van der Waals surface area contributed by atoms with E-state index in [9.17, 15) is 4.79 Å². The van der Waals surface area contributed by atoms with E-state index >= 15 is 0 Å². The number of aryl methyl sites for hydroxylation is 1. The number of pyridine rings is 1. The first kappa shape index (κ1) is 15.0. The first-order valence-electron chi connectivity index (χ1n) is 8.11. The Morgan fingerprint density at radius 1 is 1.18 bits per heavy atom. The van der Waals surface area contributed by atoms with Crippen molar-refractivity contribution in [2.75, 3.05) is 26.2 Å². The lowest BCUT2D eigenvalue weighted by atomic mass is 10.1. The molecule has 2 aromatic rings.